The van der Waals surface area contributed by atoms with Crippen LogP contribution in [0.1, 0.15) is 46.0 Å². The summed E-state index contributed by atoms with van der Waals surface area (Å²) >= 11 is 0. The van der Waals surface area contributed by atoms with Crippen molar-refractivity contribution in [2.24, 2.45) is 23.2 Å². The first-order valence-corrected chi connectivity index (χ1v) is 9.85. The highest BCUT2D eigenvalue weighted by molar-refractivity contribution is 5.65. The third kappa shape index (κ3) is 3.03. The number of hydrogen-bond acceptors (Lipinski definition) is 3. The maximum atomic E-state index is 6.05. The van der Waals surface area contributed by atoms with Crippen LogP contribution in [0.3, 0.4) is 0 Å². The average Bonchev–Trinajstić information content (AvgIpc) is 2.59. The van der Waals surface area contributed by atoms with Crippen LogP contribution in [0, 0.1) is 23.2 Å². The monoisotopic (exact) mass is 327 g/mol. The number of fused-ring (bicyclic) bond motifs is 2. The van der Waals surface area contributed by atoms with Gasteiger partial charge in [-0.05, 0) is 67.4 Å². The van der Waals surface area contributed by atoms with Gasteiger partial charge in [0.15, 0.2) is 0 Å². The predicted molar refractivity (Wildman–Crippen MR) is 102 cm³/mol. The Balaban J connectivity index is 1.23. The number of nitrogens with one attached hydrogen (secondary N) is 1. The fourth-order valence-corrected chi connectivity index (χ4v) is 5.45. The molecule has 3 nitrogen and oxygen atoms in total. The van der Waals surface area contributed by atoms with Crippen molar-refractivity contribution in [1.29, 1.82) is 0 Å². The van der Waals surface area contributed by atoms with E-state index in [4.69, 9.17) is 5.73 Å². The number of benzene rings is 1. The van der Waals surface area contributed by atoms with Crippen molar-refractivity contribution in [2.75, 3.05) is 30.7 Å². The highest BCUT2D eigenvalue weighted by Gasteiger charge is 2.52. The number of nitrogens with zero attached hydrogens (tertiary/aromatic N) is 1. The minimum Gasteiger partial charge on any atom is -0.397 e. The standard InChI is InChI=1S/C21H33N3/c1-21(2)16-11-15(12-17(21)13-16)14-24-9-7-18(8-10-24)23-20-6-4-3-5-19(20)22/h3-6,15-18,23H,7-14,22H2,1-2H3/t15?,16-,17+. The highest BCUT2D eigenvalue weighted by Crippen LogP contribution is 2.60. The molecule has 0 amide bonds. The van der Waals surface area contributed by atoms with Crippen LogP contribution >= 0.6 is 0 Å². The molecule has 0 spiro atoms. The summed E-state index contributed by atoms with van der Waals surface area (Å²) < 4.78 is 0. The zero-order chi connectivity index (χ0) is 16.7. The third-order valence-corrected chi connectivity index (χ3v) is 7.33. The fraction of sp³-hybridized carbons (Fsp3) is 0.714. The molecule has 3 saturated carbocycles. The molecular formula is C21H33N3. The van der Waals surface area contributed by atoms with Gasteiger partial charge in [-0.25, -0.2) is 0 Å². The first kappa shape index (κ1) is 16.3. The van der Waals surface area contributed by atoms with Gasteiger partial charge in [-0.15, -0.1) is 0 Å². The minimum atomic E-state index is 0.574. The molecule has 1 saturated heterocycles. The van der Waals surface area contributed by atoms with Crippen LogP contribution in [0.5, 0.6) is 0 Å². The SMILES string of the molecule is CC1(C)[C@@H]2CC(CN3CCC(Nc4ccccc4N)CC3)C[C@H]1C2. The molecule has 1 aromatic carbocycles. The van der Waals surface area contributed by atoms with Crippen LogP contribution in [0.2, 0.25) is 0 Å². The van der Waals surface area contributed by atoms with E-state index in [-0.39, 0.29) is 0 Å². The molecule has 1 unspecified atom stereocenters. The van der Waals surface area contributed by atoms with Gasteiger partial charge in [0.05, 0.1) is 11.4 Å². The van der Waals surface area contributed by atoms with E-state index >= 15 is 0 Å². The number of likely N-dealkylation sites (tertiary alicyclic amines) is 1. The molecule has 4 aliphatic rings. The average molecular weight is 328 g/mol. The number of nitrogens with two attached hydrogens (primary N) is 1. The Kier molecular flexibility index (Phi) is 4.24. The molecule has 4 fully saturated rings. The number of nitrogen functional groups attached to an aromatic ring is 1. The number of rotatable bonds is 4. The molecule has 1 heterocycles. The topological polar surface area (TPSA) is 41.3 Å². The zero-order valence-electron chi connectivity index (χ0n) is 15.3. The van der Waals surface area contributed by atoms with E-state index in [1.807, 2.05) is 12.1 Å². The number of anilines is 2. The second-order valence-corrected chi connectivity index (χ2v) is 9.09. The lowest BCUT2D eigenvalue weighted by Gasteiger charge is -2.59. The molecule has 0 aromatic heterocycles. The van der Waals surface area contributed by atoms with Crippen LogP contribution in [0.25, 0.3) is 0 Å². The van der Waals surface area contributed by atoms with Crippen molar-refractivity contribution in [2.45, 2.75) is 52.0 Å². The third-order valence-electron chi connectivity index (χ3n) is 7.33. The van der Waals surface area contributed by atoms with E-state index < -0.39 is 0 Å². The Hall–Kier alpha value is -1.22. The Bertz CT molecular complexity index is 560. The molecule has 3 atom stereocenters. The van der Waals surface area contributed by atoms with Gasteiger partial charge in [-0.2, -0.15) is 0 Å². The summed E-state index contributed by atoms with van der Waals surface area (Å²) in [6.45, 7) is 8.80. The lowest BCUT2D eigenvalue weighted by molar-refractivity contribution is -0.0950. The van der Waals surface area contributed by atoms with Crippen molar-refractivity contribution in [3.63, 3.8) is 0 Å². The van der Waals surface area contributed by atoms with E-state index in [9.17, 15) is 0 Å². The molecule has 1 aliphatic heterocycles. The first-order chi connectivity index (χ1) is 11.5. The predicted octanol–water partition coefficient (Wildman–Crippen LogP) is 4.22. The van der Waals surface area contributed by atoms with Crippen LogP contribution in [0.4, 0.5) is 11.4 Å². The van der Waals surface area contributed by atoms with E-state index in [0.29, 0.717) is 11.5 Å². The number of para-hydroxylation sites is 2. The van der Waals surface area contributed by atoms with Gasteiger partial charge in [-0.1, -0.05) is 26.0 Å². The summed E-state index contributed by atoms with van der Waals surface area (Å²) in [5.41, 5.74) is 8.66. The summed E-state index contributed by atoms with van der Waals surface area (Å²) in [7, 11) is 0. The quantitative estimate of drug-likeness (QED) is 0.814. The molecule has 1 aromatic rings. The van der Waals surface area contributed by atoms with Gasteiger partial charge in [0.2, 0.25) is 0 Å². The normalized spacial score (nSPS) is 33.0. The molecule has 3 heteroatoms. The summed E-state index contributed by atoms with van der Waals surface area (Å²) in [6.07, 6.45) is 6.93. The summed E-state index contributed by atoms with van der Waals surface area (Å²) in [5, 5.41) is 3.65. The maximum Gasteiger partial charge on any atom is 0.0576 e. The van der Waals surface area contributed by atoms with Gasteiger partial charge in [-0.3, -0.25) is 0 Å². The largest absolute Gasteiger partial charge is 0.397 e. The van der Waals surface area contributed by atoms with Gasteiger partial charge in [0.25, 0.3) is 0 Å². The first-order valence-electron chi connectivity index (χ1n) is 9.85. The van der Waals surface area contributed by atoms with Crippen LogP contribution in [0.15, 0.2) is 24.3 Å². The van der Waals surface area contributed by atoms with Crippen LogP contribution in [-0.2, 0) is 0 Å². The van der Waals surface area contributed by atoms with Crippen molar-refractivity contribution in [3.05, 3.63) is 24.3 Å². The Morgan fingerprint density at radius 2 is 1.75 bits per heavy atom. The summed E-state index contributed by atoms with van der Waals surface area (Å²) in [4.78, 5) is 2.72. The fourth-order valence-electron chi connectivity index (χ4n) is 5.45. The molecule has 5 rings (SSSR count). The molecule has 24 heavy (non-hydrogen) atoms. The number of hydrogen-bond donors (Lipinski definition) is 2. The van der Waals surface area contributed by atoms with Gasteiger partial charge in [0, 0.05) is 25.7 Å². The molecule has 3 N–H and O–H groups in total. The van der Waals surface area contributed by atoms with Crippen molar-refractivity contribution < 1.29 is 0 Å². The lowest BCUT2D eigenvalue weighted by Crippen LogP contribution is -2.52. The Morgan fingerprint density at radius 1 is 1.08 bits per heavy atom. The van der Waals surface area contributed by atoms with E-state index in [1.54, 1.807) is 0 Å². The Labute approximate surface area is 147 Å². The second kappa shape index (κ2) is 6.25. The molecule has 0 radical (unpaired) electrons. The molecule has 2 bridgehead atoms. The van der Waals surface area contributed by atoms with Crippen molar-refractivity contribution >= 4 is 11.4 Å². The highest BCUT2D eigenvalue weighted by atomic mass is 15.1. The molecule has 3 aliphatic carbocycles. The minimum absolute atomic E-state index is 0.574. The molecule has 132 valence electrons. The smallest absolute Gasteiger partial charge is 0.0576 e. The maximum absolute atomic E-state index is 6.05. The lowest BCUT2D eigenvalue weighted by atomic mass is 9.47. The van der Waals surface area contributed by atoms with Gasteiger partial charge < -0.3 is 16.0 Å². The summed E-state index contributed by atoms with van der Waals surface area (Å²) in [5.74, 6) is 2.96. The van der Waals surface area contributed by atoms with Gasteiger partial charge >= 0.3 is 0 Å². The second-order valence-electron chi connectivity index (χ2n) is 9.09. The van der Waals surface area contributed by atoms with Crippen molar-refractivity contribution in [1.82, 2.24) is 4.90 Å². The van der Waals surface area contributed by atoms with E-state index in [0.717, 1.165) is 29.1 Å². The van der Waals surface area contributed by atoms with Crippen LogP contribution in [-0.4, -0.2) is 30.6 Å². The summed E-state index contributed by atoms with van der Waals surface area (Å²) in [6, 6.07) is 8.71. The van der Waals surface area contributed by atoms with Crippen LogP contribution < -0.4 is 11.1 Å². The number of piperidine rings is 1. The van der Waals surface area contributed by atoms with E-state index in [2.05, 4.69) is 36.2 Å². The molecular weight excluding hydrogens is 294 g/mol. The van der Waals surface area contributed by atoms with E-state index in [1.165, 1.54) is 51.7 Å². The van der Waals surface area contributed by atoms with Crippen molar-refractivity contribution in [3.8, 4) is 0 Å². The Morgan fingerprint density at radius 3 is 2.38 bits per heavy atom. The van der Waals surface area contributed by atoms with Gasteiger partial charge in [0.1, 0.15) is 0 Å². The zero-order valence-corrected chi connectivity index (χ0v) is 15.3.